The van der Waals surface area contributed by atoms with Gasteiger partial charge in [0.1, 0.15) is 12.1 Å². The summed E-state index contributed by atoms with van der Waals surface area (Å²) in [6, 6.07) is 8.35. The third kappa shape index (κ3) is 10.7. The number of aliphatic hydroxyl groups is 1. The van der Waals surface area contributed by atoms with Crippen molar-refractivity contribution in [3.05, 3.63) is 41.6 Å². The number of carbonyl (C=O) groups is 3. The minimum absolute atomic E-state index is 0.0160. The molecule has 1 aromatic carbocycles. The van der Waals surface area contributed by atoms with Crippen LogP contribution in [0.3, 0.4) is 0 Å². The average Bonchev–Trinajstić information content (AvgIpc) is 2.89. The molecule has 1 aliphatic heterocycles. The summed E-state index contributed by atoms with van der Waals surface area (Å²) >= 11 is 0. The molecule has 1 saturated carbocycles. The first-order chi connectivity index (χ1) is 20.0. The lowest BCUT2D eigenvalue weighted by Gasteiger charge is -2.46. The van der Waals surface area contributed by atoms with Crippen LogP contribution in [-0.4, -0.2) is 90.1 Å². The number of likely N-dealkylation sites (tertiary alicyclic amines) is 1. The summed E-state index contributed by atoms with van der Waals surface area (Å²) in [4.78, 5) is 43.8. The topological polar surface area (TPSA) is 114 Å². The van der Waals surface area contributed by atoms with Crippen LogP contribution < -0.4 is 16.0 Å². The van der Waals surface area contributed by atoms with E-state index in [0.717, 1.165) is 31.4 Å². The molecule has 1 heterocycles. The van der Waals surface area contributed by atoms with Crippen LogP contribution in [0.15, 0.2) is 36.0 Å². The molecule has 1 aliphatic carbocycles. The normalized spacial score (nSPS) is 23.2. The number of β-amino-alcohol motifs (C(OH)–C–C–N with tert-alkyl or cyclic N) is 1. The van der Waals surface area contributed by atoms with Gasteiger partial charge in [-0.15, -0.1) is 0 Å². The van der Waals surface area contributed by atoms with E-state index in [2.05, 4.69) is 20.9 Å². The van der Waals surface area contributed by atoms with Gasteiger partial charge in [-0.1, -0.05) is 70.4 Å². The van der Waals surface area contributed by atoms with Gasteiger partial charge in [0, 0.05) is 24.3 Å². The Balaban J connectivity index is 1.89. The molecule has 2 fully saturated rings. The Morgan fingerprint density at radius 2 is 1.65 bits per heavy atom. The number of fused-ring (bicyclic) bond motifs is 1. The van der Waals surface area contributed by atoms with E-state index in [0.29, 0.717) is 17.5 Å². The van der Waals surface area contributed by atoms with E-state index in [1.165, 1.54) is 12.8 Å². The standard InChI is InChI=1S/C34H55N5O4/c1-33(2,3)30(36-29(41)22-38(7)8)32(43)35-26(18-23-14-10-9-11-15-23)28(40)21-39-20-25-17-13-12-16-24(25)19-27(39)31(42)37-34(4,5)6/h9-11,14-15,18,24-25,27-28,30,40H,12-13,16-17,19-22H2,1-8H3,(H,35,43)(H,36,41)(H,37,42)/b26-18-/t24-,25?,27-,28+,30+/m0/s1. The smallest absolute Gasteiger partial charge is 0.247 e. The summed E-state index contributed by atoms with van der Waals surface area (Å²) < 4.78 is 0. The summed E-state index contributed by atoms with van der Waals surface area (Å²) in [6.45, 7) is 12.7. The molecule has 1 saturated heterocycles. The van der Waals surface area contributed by atoms with Gasteiger partial charge in [0.15, 0.2) is 0 Å². The minimum atomic E-state index is -1.06. The van der Waals surface area contributed by atoms with Gasteiger partial charge in [-0.25, -0.2) is 0 Å². The van der Waals surface area contributed by atoms with Crippen molar-refractivity contribution in [1.82, 2.24) is 25.8 Å². The monoisotopic (exact) mass is 597 g/mol. The number of rotatable bonds is 10. The SMILES string of the molecule is CN(C)CC(=O)N[C@H](C(=O)N/C(=C\c1ccccc1)[C@H](O)CN1CC2CCCC[C@H]2C[C@H]1C(=O)NC(C)(C)C)C(C)(C)C. The van der Waals surface area contributed by atoms with E-state index in [1.807, 2.05) is 71.9 Å². The van der Waals surface area contributed by atoms with Gasteiger partial charge in [-0.2, -0.15) is 0 Å². The van der Waals surface area contributed by atoms with E-state index in [1.54, 1.807) is 25.1 Å². The summed E-state index contributed by atoms with van der Waals surface area (Å²) in [5.41, 5.74) is 0.228. The number of benzene rings is 1. The second-order valence-corrected chi connectivity index (χ2v) is 14.9. The molecular weight excluding hydrogens is 542 g/mol. The highest BCUT2D eigenvalue weighted by Crippen LogP contribution is 2.39. The highest BCUT2D eigenvalue weighted by Gasteiger charge is 2.41. The third-order valence-electron chi connectivity index (χ3n) is 8.35. The number of aliphatic hydroxyl groups excluding tert-OH is 1. The van der Waals surface area contributed by atoms with Crippen molar-refractivity contribution in [3.8, 4) is 0 Å². The zero-order valence-electron chi connectivity index (χ0n) is 27.6. The number of amides is 3. The molecule has 0 radical (unpaired) electrons. The van der Waals surface area contributed by atoms with Crippen LogP contribution in [-0.2, 0) is 14.4 Å². The van der Waals surface area contributed by atoms with Crippen molar-refractivity contribution < 1.29 is 19.5 Å². The van der Waals surface area contributed by atoms with E-state index in [4.69, 9.17) is 0 Å². The number of likely N-dealkylation sites (N-methyl/N-ethyl adjacent to an activating group) is 1. The van der Waals surface area contributed by atoms with Gasteiger partial charge in [-0.3, -0.25) is 19.3 Å². The number of piperidine rings is 1. The van der Waals surface area contributed by atoms with Gasteiger partial charge in [0.2, 0.25) is 17.7 Å². The van der Waals surface area contributed by atoms with Gasteiger partial charge >= 0.3 is 0 Å². The molecule has 9 nitrogen and oxygen atoms in total. The Kier molecular flexibility index (Phi) is 12.0. The van der Waals surface area contributed by atoms with Crippen LogP contribution in [0.4, 0.5) is 0 Å². The maximum absolute atomic E-state index is 13.8. The first-order valence-corrected chi connectivity index (χ1v) is 15.8. The first kappa shape index (κ1) is 34.7. The van der Waals surface area contributed by atoms with Crippen LogP contribution in [0.2, 0.25) is 0 Å². The Morgan fingerprint density at radius 1 is 1.02 bits per heavy atom. The second-order valence-electron chi connectivity index (χ2n) is 14.9. The van der Waals surface area contributed by atoms with Crippen LogP contribution in [0.25, 0.3) is 6.08 Å². The van der Waals surface area contributed by atoms with Gasteiger partial charge in [-0.05, 0) is 76.6 Å². The van der Waals surface area contributed by atoms with Crippen LogP contribution in [0.5, 0.6) is 0 Å². The van der Waals surface area contributed by atoms with Gasteiger partial charge < -0.3 is 26.0 Å². The zero-order valence-corrected chi connectivity index (χ0v) is 27.6. The average molecular weight is 598 g/mol. The molecule has 5 atom stereocenters. The van der Waals surface area contributed by atoms with Gasteiger partial charge in [0.25, 0.3) is 0 Å². The van der Waals surface area contributed by atoms with Crippen molar-refractivity contribution in [2.45, 2.75) is 97.4 Å². The molecule has 43 heavy (non-hydrogen) atoms. The maximum atomic E-state index is 13.8. The highest BCUT2D eigenvalue weighted by molar-refractivity contribution is 5.90. The molecular formula is C34H55N5O4. The summed E-state index contributed by atoms with van der Waals surface area (Å²) in [5.74, 6) is 0.340. The number of hydrogen-bond acceptors (Lipinski definition) is 6. The quantitative estimate of drug-likeness (QED) is 0.329. The molecule has 0 aromatic heterocycles. The molecule has 1 unspecified atom stereocenters. The maximum Gasteiger partial charge on any atom is 0.247 e. The number of nitrogens with one attached hydrogen (secondary N) is 3. The lowest BCUT2D eigenvalue weighted by atomic mass is 9.72. The van der Waals surface area contributed by atoms with E-state index in [9.17, 15) is 19.5 Å². The van der Waals surface area contributed by atoms with Crippen molar-refractivity contribution in [2.75, 3.05) is 33.7 Å². The van der Waals surface area contributed by atoms with Crippen LogP contribution in [0, 0.1) is 17.3 Å². The van der Waals surface area contributed by atoms with E-state index in [-0.39, 0.29) is 36.5 Å². The summed E-state index contributed by atoms with van der Waals surface area (Å²) in [7, 11) is 3.60. The molecule has 1 aromatic rings. The van der Waals surface area contributed by atoms with E-state index >= 15 is 0 Å². The van der Waals surface area contributed by atoms with Crippen molar-refractivity contribution in [2.24, 2.45) is 17.3 Å². The second kappa shape index (κ2) is 14.8. The summed E-state index contributed by atoms with van der Waals surface area (Å²) in [5, 5.41) is 20.8. The molecule has 9 heteroatoms. The number of nitrogens with zero attached hydrogens (tertiary/aromatic N) is 2. The Bertz CT molecular complexity index is 1120. The molecule has 4 N–H and O–H groups in total. The Morgan fingerprint density at radius 3 is 2.23 bits per heavy atom. The molecule has 0 spiro atoms. The zero-order chi connectivity index (χ0) is 31.9. The first-order valence-electron chi connectivity index (χ1n) is 15.8. The largest absolute Gasteiger partial charge is 0.386 e. The fraction of sp³-hybridized carbons (Fsp3) is 0.676. The molecule has 3 amide bonds. The number of hydrogen-bond donors (Lipinski definition) is 4. The minimum Gasteiger partial charge on any atom is -0.386 e. The predicted octanol–water partition coefficient (Wildman–Crippen LogP) is 3.39. The Labute approximate surface area is 258 Å². The fourth-order valence-corrected chi connectivity index (χ4v) is 6.28. The molecule has 2 aliphatic rings. The van der Waals surface area contributed by atoms with Crippen molar-refractivity contribution >= 4 is 23.8 Å². The fourth-order valence-electron chi connectivity index (χ4n) is 6.28. The molecule has 0 bridgehead atoms. The molecule has 3 rings (SSSR count). The third-order valence-corrected chi connectivity index (χ3v) is 8.35. The lowest BCUT2D eigenvalue weighted by molar-refractivity contribution is -0.133. The van der Waals surface area contributed by atoms with E-state index < -0.39 is 23.5 Å². The number of carbonyl (C=O) groups excluding carboxylic acids is 3. The predicted molar refractivity (Wildman–Crippen MR) is 172 cm³/mol. The van der Waals surface area contributed by atoms with Gasteiger partial charge in [0.05, 0.1) is 12.6 Å². The van der Waals surface area contributed by atoms with Crippen molar-refractivity contribution in [1.29, 1.82) is 0 Å². The summed E-state index contributed by atoms with van der Waals surface area (Å²) in [6.07, 6.45) is 6.16. The van der Waals surface area contributed by atoms with Crippen LogP contribution >= 0.6 is 0 Å². The lowest BCUT2D eigenvalue weighted by Crippen LogP contribution is -2.59. The highest BCUT2D eigenvalue weighted by atomic mass is 16.3. The van der Waals surface area contributed by atoms with Crippen molar-refractivity contribution in [3.63, 3.8) is 0 Å². The molecule has 240 valence electrons. The van der Waals surface area contributed by atoms with Crippen LogP contribution in [0.1, 0.15) is 79.2 Å². The Hall–Kier alpha value is -2.75.